The van der Waals surface area contributed by atoms with Crippen LogP contribution in [-0.4, -0.2) is 21.9 Å². The molecule has 3 rings (SSSR count). The summed E-state index contributed by atoms with van der Waals surface area (Å²) in [4.78, 5) is 12.1. The maximum Gasteiger partial charge on any atom is 0.234 e. The molecular weight excluding hydrogens is 378 g/mol. The van der Waals surface area contributed by atoms with Crippen molar-refractivity contribution in [3.8, 4) is 11.3 Å². The van der Waals surface area contributed by atoms with Crippen LogP contribution in [0.2, 0.25) is 5.02 Å². The maximum absolute atomic E-state index is 12.1. The number of carbonyl (C=O) groups excluding carboxylic acids is 1. The van der Waals surface area contributed by atoms with Crippen molar-refractivity contribution in [2.45, 2.75) is 25.8 Å². The van der Waals surface area contributed by atoms with Gasteiger partial charge in [-0.05, 0) is 67.8 Å². The van der Waals surface area contributed by atoms with Crippen LogP contribution in [0, 0.1) is 20.8 Å². The highest BCUT2D eigenvalue weighted by Gasteiger charge is 2.09. The molecule has 0 aliphatic rings. The number of halogens is 1. The fourth-order valence-electron chi connectivity index (χ4n) is 2.67. The molecule has 1 amide bonds. The lowest BCUT2D eigenvalue weighted by Crippen LogP contribution is -2.14. The summed E-state index contributed by atoms with van der Waals surface area (Å²) in [5.41, 5.74) is 6.19. The van der Waals surface area contributed by atoms with Crippen LogP contribution in [0.25, 0.3) is 11.3 Å². The highest BCUT2D eigenvalue weighted by Crippen LogP contribution is 2.26. The van der Waals surface area contributed by atoms with Gasteiger partial charge in [-0.25, -0.2) is 0 Å². The minimum Gasteiger partial charge on any atom is -0.324 e. The summed E-state index contributed by atoms with van der Waals surface area (Å²) in [6, 6.07) is 15.3. The summed E-state index contributed by atoms with van der Waals surface area (Å²) in [7, 11) is 0. The molecule has 0 spiro atoms. The van der Waals surface area contributed by atoms with E-state index in [0.29, 0.717) is 15.7 Å². The van der Waals surface area contributed by atoms with Gasteiger partial charge in [-0.3, -0.25) is 4.79 Å². The molecule has 0 aliphatic carbocycles. The molecule has 0 bridgehead atoms. The molecule has 0 unspecified atom stereocenters. The number of rotatable bonds is 5. The third-order valence-electron chi connectivity index (χ3n) is 4.26. The van der Waals surface area contributed by atoms with Gasteiger partial charge in [0.2, 0.25) is 5.91 Å². The minimum atomic E-state index is -0.135. The lowest BCUT2D eigenvalue weighted by atomic mass is 9.99. The first-order valence-electron chi connectivity index (χ1n) is 8.53. The summed E-state index contributed by atoms with van der Waals surface area (Å²) < 4.78 is 0. The number of aryl methyl sites for hydroxylation is 3. The Morgan fingerprint density at radius 1 is 1.00 bits per heavy atom. The molecule has 0 radical (unpaired) electrons. The number of carbonyl (C=O) groups is 1. The van der Waals surface area contributed by atoms with Gasteiger partial charge in [0.25, 0.3) is 0 Å². The number of amides is 1. The van der Waals surface area contributed by atoms with Crippen LogP contribution in [0.4, 0.5) is 5.69 Å². The largest absolute Gasteiger partial charge is 0.324 e. The number of hydrogen-bond donors (Lipinski definition) is 1. The third-order valence-corrected chi connectivity index (χ3v) is 5.51. The minimum absolute atomic E-state index is 0.135. The van der Waals surface area contributed by atoms with E-state index in [1.807, 2.05) is 24.3 Å². The van der Waals surface area contributed by atoms with Gasteiger partial charge in [0, 0.05) is 5.56 Å². The number of benzene rings is 2. The summed E-state index contributed by atoms with van der Waals surface area (Å²) in [5, 5.41) is 12.6. The Labute approximate surface area is 168 Å². The molecule has 0 fully saturated rings. The van der Waals surface area contributed by atoms with Crippen LogP contribution in [0.5, 0.6) is 0 Å². The van der Waals surface area contributed by atoms with E-state index < -0.39 is 0 Å². The first kappa shape index (κ1) is 19.4. The summed E-state index contributed by atoms with van der Waals surface area (Å²) >= 11 is 7.39. The lowest BCUT2D eigenvalue weighted by Gasteiger charge is -2.09. The van der Waals surface area contributed by atoms with Crippen molar-refractivity contribution in [3.05, 3.63) is 70.2 Å². The Kier molecular flexibility index (Phi) is 6.14. The van der Waals surface area contributed by atoms with Gasteiger partial charge in [-0.1, -0.05) is 41.6 Å². The van der Waals surface area contributed by atoms with Crippen molar-refractivity contribution in [3.63, 3.8) is 0 Å². The normalized spacial score (nSPS) is 10.7. The summed E-state index contributed by atoms with van der Waals surface area (Å²) in [6.45, 7) is 6.27. The van der Waals surface area contributed by atoms with Crippen LogP contribution >= 0.6 is 23.4 Å². The number of para-hydroxylation sites is 1. The van der Waals surface area contributed by atoms with Gasteiger partial charge in [0.15, 0.2) is 0 Å². The molecule has 0 atom stereocenters. The molecule has 1 N–H and O–H groups in total. The SMILES string of the molecule is Cc1cc(C)c(-c2ccc(SCC(=O)Nc3ccccc3Cl)nn2)cc1C. The summed E-state index contributed by atoms with van der Waals surface area (Å²) in [6.07, 6.45) is 0. The molecule has 6 heteroatoms. The van der Waals surface area contributed by atoms with Crippen LogP contribution in [0.15, 0.2) is 53.6 Å². The molecule has 2 aromatic carbocycles. The highest BCUT2D eigenvalue weighted by molar-refractivity contribution is 7.99. The zero-order valence-corrected chi connectivity index (χ0v) is 17.0. The van der Waals surface area contributed by atoms with Gasteiger partial charge in [-0.15, -0.1) is 10.2 Å². The monoisotopic (exact) mass is 397 g/mol. The Bertz CT molecular complexity index is 974. The van der Waals surface area contributed by atoms with Crippen molar-refractivity contribution in [1.29, 1.82) is 0 Å². The van der Waals surface area contributed by atoms with Crippen LogP contribution in [0.3, 0.4) is 0 Å². The van der Waals surface area contributed by atoms with E-state index in [2.05, 4.69) is 48.4 Å². The fourth-order valence-corrected chi connectivity index (χ4v) is 3.46. The molecule has 1 heterocycles. The third kappa shape index (κ3) is 4.87. The van der Waals surface area contributed by atoms with Crippen molar-refractivity contribution in [2.75, 3.05) is 11.1 Å². The van der Waals surface area contributed by atoms with E-state index in [9.17, 15) is 4.79 Å². The first-order valence-corrected chi connectivity index (χ1v) is 9.89. The Balaban J connectivity index is 1.64. The number of hydrogen-bond acceptors (Lipinski definition) is 4. The maximum atomic E-state index is 12.1. The van der Waals surface area contributed by atoms with E-state index >= 15 is 0 Å². The Morgan fingerprint density at radius 3 is 2.44 bits per heavy atom. The quantitative estimate of drug-likeness (QED) is 0.581. The van der Waals surface area contributed by atoms with E-state index in [4.69, 9.17) is 11.6 Å². The predicted molar refractivity (Wildman–Crippen MR) is 112 cm³/mol. The van der Waals surface area contributed by atoms with E-state index in [0.717, 1.165) is 11.3 Å². The second-order valence-electron chi connectivity index (χ2n) is 6.32. The molecule has 3 aromatic rings. The number of anilines is 1. The molecule has 1 aromatic heterocycles. The smallest absolute Gasteiger partial charge is 0.234 e. The van der Waals surface area contributed by atoms with Crippen molar-refractivity contribution >= 4 is 35.0 Å². The van der Waals surface area contributed by atoms with E-state index in [-0.39, 0.29) is 11.7 Å². The topological polar surface area (TPSA) is 54.9 Å². The van der Waals surface area contributed by atoms with Crippen LogP contribution in [0.1, 0.15) is 16.7 Å². The summed E-state index contributed by atoms with van der Waals surface area (Å²) in [5.74, 6) is 0.103. The predicted octanol–water partition coefficient (Wildman–Crippen LogP) is 5.45. The first-order chi connectivity index (χ1) is 12.9. The van der Waals surface area contributed by atoms with Crippen LogP contribution < -0.4 is 5.32 Å². The number of nitrogens with one attached hydrogen (secondary N) is 1. The van der Waals surface area contributed by atoms with E-state index in [1.54, 1.807) is 12.1 Å². The Morgan fingerprint density at radius 2 is 1.74 bits per heavy atom. The highest BCUT2D eigenvalue weighted by atomic mass is 35.5. The van der Waals surface area contributed by atoms with Crippen LogP contribution in [-0.2, 0) is 4.79 Å². The second-order valence-corrected chi connectivity index (χ2v) is 7.73. The van der Waals surface area contributed by atoms with E-state index in [1.165, 1.54) is 28.5 Å². The molecule has 0 saturated heterocycles. The molecule has 138 valence electrons. The fraction of sp³-hybridized carbons (Fsp3) is 0.190. The Hall–Kier alpha value is -2.37. The van der Waals surface area contributed by atoms with Gasteiger partial charge < -0.3 is 5.32 Å². The van der Waals surface area contributed by atoms with Crippen molar-refractivity contribution < 1.29 is 4.79 Å². The number of aromatic nitrogens is 2. The molecule has 0 aliphatic heterocycles. The van der Waals surface area contributed by atoms with Gasteiger partial charge >= 0.3 is 0 Å². The molecular formula is C21H20ClN3OS. The van der Waals surface area contributed by atoms with Gasteiger partial charge in [0.1, 0.15) is 5.03 Å². The number of nitrogens with zero attached hydrogens (tertiary/aromatic N) is 2. The van der Waals surface area contributed by atoms with Gasteiger partial charge in [0.05, 0.1) is 22.2 Å². The van der Waals surface area contributed by atoms with Gasteiger partial charge in [-0.2, -0.15) is 0 Å². The standard InChI is InChI=1S/C21H20ClN3OS/c1-13-10-15(3)16(11-14(13)2)18-8-9-21(25-24-18)27-12-20(26)23-19-7-5-4-6-17(19)22/h4-11H,12H2,1-3H3,(H,23,26). The van der Waals surface area contributed by atoms with Crippen molar-refractivity contribution in [1.82, 2.24) is 10.2 Å². The average molecular weight is 398 g/mol. The molecule has 0 saturated carbocycles. The average Bonchev–Trinajstić information content (AvgIpc) is 2.65. The number of thioether (sulfide) groups is 1. The zero-order valence-electron chi connectivity index (χ0n) is 15.4. The van der Waals surface area contributed by atoms with Crippen molar-refractivity contribution in [2.24, 2.45) is 0 Å². The zero-order chi connectivity index (χ0) is 19.4. The molecule has 4 nitrogen and oxygen atoms in total. The second kappa shape index (κ2) is 8.55. The molecule has 27 heavy (non-hydrogen) atoms. The lowest BCUT2D eigenvalue weighted by molar-refractivity contribution is -0.113.